The highest BCUT2D eigenvalue weighted by Gasteiger charge is 2.27. The summed E-state index contributed by atoms with van der Waals surface area (Å²) in [6, 6.07) is 0.839. The lowest BCUT2D eigenvalue weighted by atomic mass is 10.2. The summed E-state index contributed by atoms with van der Waals surface area (Å²) >= 11 is 4.55. The van der Waals surface area contributed by atoms with E-state index in [1.54, 1.807) is 12.1 Å². The molecule has 0 aromatic heterocycles. The molecule has 3 N–H and O–H groups in total. The van der Waals surface area contributed by atoms with Gasteiger partial charge in [-0.1, -0.05) is 0 Å². The van der Waals surface area contributed by atoms with Gasteiger partial charge in [0.2, 0.25) is 0 Å². The average molecular weight is 209 g/mol. The van der Waals surface area contributed by atoms with Crippen molar-refractivity contribution in [2.24, 2.45) is 5.73 Å². The Kier molecular flexibility index (Phi) is 4.57. The summed E-state index contributed by atoms with van der Waals surface area (Å²) in [4.78, 5) is 0. The van der Waals surface area contributed by atoms with Gasteiger partial charge in [-0.3, -0.25) is 5.32 Å². The van der Waals surface area contributed by atoms with Crippen molar-refractivity contribution >= 4 is 11.6 Å². The Morgan fingerprint density at radius 2 is 2.00 bits per heavy atom. The van der Waals surface area contributed by atoms with Crippen LogP contribution in [-0.4, -0.2) is 24.0 Å². The highest BCUT2D eigenvalue weighted by atomic mass is 35.5. The van der Waals surface area contributed by atoms with Crippen LogP contribution < -0.4 is 11.1 Å². The number of halogens is 3. The van der Waals surface area contributed by atoms with Crippen LogP contribution in [0.25, 0.3) is 0 Å². The lowest BCUT2D eigenvalue weighted by molar-refractivity contribution is 0.0931. The predicted molar refractivity (Wildman–Crippen MR) is 41.8 cm³/mol. The van der Waals surface area contributed by atoms with Gasteiger partial charge in [-0.2, -0.15) is 19.3 Å². The fourth-order valence-electron chi connectivity index (χ4n) is 0.553. The summed E-state index contributed by atoms with van der Waals surface area (Å²) in [5, 5.41) is 15.3. The molecule has 0 fully saturated rings. The maximum absolute atomic E-state index is 12.1. The number of nitrogens with zero attached hydrogens (tertiary/aromatic N) is 2. The molecule has 4 nitrogen and oxygen atoms in total. The van der Waals surface area contributed by atoms with E-state index in [9.17, 15) is 8.78 Å². The molecule has 0 spiro atoms. The minimum atomic E-state index is -3.44. The molecule has 0 aliphatic heterocycles. The van der Waals surface area contributed by atoms with Crippen molar-refractivity contribution in [2.45, 2.75) is 17.5 Å². The lowest BCUT2D eigenvalue weighted by Gasteiger charge is -2.15. The Morgan fingerprint density at radius 3 is 2.31 bits per heavy atom. The fourth-order valence-corrected chi connectivity index (χ4v) is 0.630. The number of nitrogens with one attached hydrogen (secondary N) is 1. The zero-order valence-corrected chi connectivity index (χ0v) is 7.22. The molecular weight excluding hydrogens is 202 g/mol. The van der Waals surface area contributed by atoms with Crippen LogP contribution in [0.3, 0.4) is 0 Å². The van der Waals surface area contributed by atoms with Crippen LogP contribution in [0.2, 0.25) is 0 Å². The van der Waals surface area contributed by atoms with E-state index >= 15 is 0 Å². The van der Waals surface area contributed by atoms with E-state index in [4.69, 9.17) is 16.3 Å². The summed E-state index contributed by atoms with van der Waals surface area (Å²) in [5.74, 6) is 0. The van der Waals surface area contributed by atoms with Gasteiger partial charge in [-0.25, -0.2) is 0 Å². The summed E-state index contributed by atoms with van der Waals surface area (Å²) in [6.45, 7) is -0.901. The van der Waals surface area contributed by atoms with Crippen LogP contribution in [0, 0.1) is 22.7 Å². The van der Waals surface area contributed by atoms with Crippen LogP contribution >= 0.6 is 11.6 Å². The van der Waals surface area contributed by atoms with Gasteiger partial charge >= 0.3 is 5.38 Å². The molecule has 0 amide bonds. The van der Waals surface area contributed by atoms with Gasteiger partial charge in [0.1, 0.15) is 12.1 Å². The molecule has 0 aromatic rings. The molecule has 72 valence electrons. The van der Waals surface area contributed by atoms with Crippen molar-refractivity contribution in [3.8, 4) is 12.1 Å². The van der Waals surface area contributed by atoms with Gasteiger partial charge in [-0.15, -0.1) is 0 Å². The van der Waals surface area contributed by atoms with Crippen LogP contribution in [0.15, 0.2) is 0 Å². The van der Waals surface area contributed by atoms with Gasteiger partial charge in [0.25, 0.3) is 0 Å². The highest BCUT2D eigenvalue weighted by Crippen LogP contribution is 2.16. The standard InChI is InChI=1S/C6H7ClF2N4/c7-6(8,9)3-13-5(2-11)4(12)1-10/h4-5,13H,3,12H2. The normalized spacial score (nSPS) is 15.5. The Labute approximate surface area is 78.9 Å². The molecule has 0 saturated carbocycles. The van der Waals surface area contributed by atoms with Crippen molar-refractivity contribution in [1.82, 2.24) is 5.32 Å². The van der Waals surface area contributed by atoms with Gasteiger partial charge in [0, 0.05) is 0 Å². The molecule has 0 heterocycles. The number of nitrogens with two attached hydrogens (primary N) is 1. The van der Waals surface area contributed by atoms with Gasteiger partial charge in [0.05, 0.1) is 18.7 Å². The maximum atomic E-state index is 12.1. The number of hydrogen-bond acceptors (Lipinski definition) is 4. The van der Waals surface area contributed by atoms with E-state index in [2.05, 4.69) is 16.9 Å². The molecule has 13 heavy (non-hydrogen) atoms. The quantitative estimate of drug-likeness (QED) is 0.644. The molecule has 2 unspecified atom stereocenters. The molecule has 0 aliphatic rings. The maximum Gasteiger partial charge on any atom is 0.333 e. The first-order valence-electron chi connectivity index (χ1n) is 3.25. The van der Waals surface area contributed by atoms with E-state index in [1.165, 1.54) is 0 Å². The number of hydrogen-bond donors (Lipinski definition) is 2. The summed E-state index contributed by atoms with van der Waals surface area (Å²) in [7, 11) is 0. The van der Waals surface area contributed by atoms with E-state index in [1.807, 2.05) is 0 Å². The van der Waals surface area contributed by atoms with E-state index in [0.29, 0.717) is 0 Å². The van der Waals surface area contributed by atoms with E-state index in [-0.39, 0.29) is 0 Å². The SMILES string of the molecule is N#CC(N)C(C#N)NCC(F)(F)Cl. The van der Waals surface area contributed by atoms with Crippen LogP contribution in [0.1, 0.15) is 0 Å². The average Bonchev–Trinajstić information content (AvgIpc) is 2.03. The summed E-state index contributed by atoms with van der Waals surface area (Å²) in [5.41, 5.74) is 5.12. The molecule has 7 heteroatoms. The van der Waals surface area contributed by atoms with Crippen molar-refractivity contribution < 1.29 is 8.78 Å². The topological polar surface area (TPSA) is 85.6 Å². The summed E-state index contributed by atoms with van der Waals surface area (Å²) in [6.07, 6.45) is 0. The third kappa shape index (κ3) is 5.31. The van der Waals surface area contributed by atoms with Crippen molar-refractivity contribution in [1.29, 1.82) is 10.5 Å². The largest absolute Gasteiger partial charge is 0.333 e. The third-order valence-electron chi connectivity index (χ3n) is 1.17. The highest BCUT2D eigenvalue weighted by molar-refractivity contribution is 6.21. The second kappa shape index (κ2) is 4.93. The molecule has 0 bridgehead atoms. The Morgan fingerprint density at radius 1 is 1.46 bits per heavy atom. The Hall–Kier alpha value is -0.950. The van der Waals surface area contributed by atoms with Crippen LogP contribution in [-0.2, 0) is 0 Å². The number of alkyl halides is 3. The second-order valence-corrected chi connectivity index (χ2v) is 2.81. The second-order valence-electron chi connectivity index (χ2n) is 2.26. The zero-order chi connectivity index (χ0) is 10.5. The van der Waals surface area contributed by atoms with E-state index < -0.39 is 24.0 Å². The first-order chi connectivity index (χ1) is 5.90. The smallest absolute Gasteiger partial charge is 0.314 e. The predicted octanol–water partition coefficient (Wildman–Crippen LogP) is 0.151. The first kappa shape index (κ1) is 12.0. The molecule has 0 saturated heterocycles. The van der Waals surface area contributed by atoms with Crippen LogP contribution in [0.5, 0.6) is 0 Å². The lowest BCUT2D eigenvalue weighted by Crippen LogP contribution is -2.46. The first-order valence-corrected chi connectivity index (χ1v) is 3.63. The molecule has 0 aromatic carbocycles. The summed E-state index contributed by atoms with van der Waals surface area (Å²) < 4.78 is 24.1. The Balaban J connectivity index is 4.04. The van der Waals surface area contributed by atoms with Gasteiger partial charge < -0.3 is 5.73 Å². The molecule has 0 aliphatic carbocycles. The monoisotopic (exact) mass is 208 g/mol. The van der Waals surface area contributed by atoms with Gasteiger partial charge in [0.15, 0.2) is 0 Å². The minimum Gasteiger partial charge on any atom is -0.314 e. The molecular formula is C6H7ClF2N4. The molecule has 2 atom stereocenters. The van der Waals surface area contributed by atoms with E-state index in [0.717, 1.165) is 0 Å². The Bertz CT molecular complexity index is 238. The van der Waals surface area contributed by atoms with Crippen molar-refractivity contribution in [2.75, 3.05) is 6.54 Å². The molecule has 0 radical (unpaired) electrons. The van der Waals surface area contributed by atoms with Crippen LogP contribution in [0.4, 0.5) is 8.78 Å². The van der Waals surface area contributed by atoms with Gasteiger partial charge in [-0.05, 0) is 11.6 Å². The number of rotatable bonds is 4. The van der Waals surface area contributed by atoms with Crippen molar-refractivity contribution in [3.05, 3.63) is 0 Å². The zero-order valence-electron chi connectivity index (χ0n) is 6.47. The van der Waals surface area contributed by atoms with Crippen molar-refractivity contribution in [3.63, 3.8) is 0 Å². The molecule has 0 rings (SSSR count). The number of nitriles is 2. The fraction of sp³-hybridized carbons (Fsp3) is 0.667. The minimum absolute atomic E-state index is 0.901. The third-order valence-corrected chi connectivity index (χ3v) is 1.30.